The van der Waals surface area contributed by atoms with Gasteiger partial charge in [-0.3, -0.25) is 0 Å². The van der Waals surface area contributed by atoms with E-state index >= 15 is 0 Å². The maximum Gasteiger partial charge on any atom is -0.0256 e. The Morgan fingerprint density at radius 1 is 0.647 bits per heavy atom. The normalized spacial score (nSPS) is 11.4. The van der Waals surface area contributed by atoms with Gasteiger partial charge in [-0.25, -0.2) is 0 Å². The van der Waals surface area contributed by atoms with Crippen LogP contribution in [-0.4, -0.2) is 0 Å². The fraction of sp³-hybridized carbons (Fsp3) is 0.0588. The molecule has 0 radical (unpaired) electrons. The molecule has 0 saturated heterocycles. The van der Waals surface area contributed by atoms with Crippen molar-refractivity contribution in [2.24, 2.45) is 0 Å². The van der Waals surface area contributed by atoms with Crippen molar-refractivity contribution in [2.75, 3.05) is 0 Å². The smallest absolute Gasteiger partial charge is 0.0256 e. The molecule has 0 amide bonds. The molecule has 2 rings (SSSR count). The molecule has 0 nitrogen and oxygen atoms in total. The lowest BCUT2D eigenvalue weighted by atomic mass is 10.1. The fourth-order valence-electron chi connectivity index (χ4n) is 1.58. The highest BCUT2D eigenvalue weighted by Crippen LogP contribution is 2.06. The monoisotopic (exact) mass is 220 g/mol. The molecule has 0 fully saturated rings. The summed E-state index contributed by atoms with van der Waals surface area (Å²) in [6.45, 7) is 2.10. The second kappa shape index (κ2) is 5.86. The van der Waals surface area contributed by atoms with Crippen LogP contribution in [0.5, 0.6) is 0 Å². The van der Waals surface area contributed by atoms with Crippen molar-refractivity contribution < 1.29 is 0 Å². The largest absolute Gasteiger partial charge is 0.0622 e. The first kappa shape index (κ1) is 11.4. The van der Waals surface area contributed by atoms with Crippen LogP contribution in [0.15, 0.2) is 66.7 Å². The van der Waals surface area contributed by atoms with E-state index in [0.29, 0.717) is 0 Å². The van der Waals surface area contributed by atoms with Gasteiger partial charge in [0.2, 0.25) is 0 Å². The Kier molecular flexibility index (Phi) is 3.93. The van der Waals surface area contributed by atoms with Gasteiger partial charge in [0.25, 0.3) is 0 Å². The summed E-state index contributed by atoms with van der Waals surface area (Å²) in [5.74, 6) is 0. The highest BCUT2D eigenvalue weighted by atomic mass is 13.9. The third kappa shape index (κ3) is 3.76. The van der Waals surface area contributed by atoms with Gasteiger partial charge in [0.15, 0.2) is 0 Å². The van der Waals surface area contributed by atoms with Gasteiger partial charge < -0.3 is 0 Å². The second-order valence-electron chi connectivity index (χ2n) is 4.04. The number of hydrogen-bond acceptors (Lipinski definition) is 0. The van der Waals surface area contributed by atoms with Gasteiger partial charge in [0.05, 0.1) is 0 Å². The number of allylic oxidation sites excluding steroid dienone is 2. The first-order valence-corrected chi connectivity index (χ1v) is 5.81. The summed E-state index contributed by atoms with van der Waals surface area (Å²) in [4.78, 5) is 0. The van der Waals surface area contributed by atoms with Crippen LogP contribution >= 0.6 is 0 Å². The minimum absolute atomic E-state index is 1.22. The Morgan fingerprint density at radius 2 is 1.18 bits per heavy atom. The summed E-state index contributed by atoms with van der Waals surface area (Å²) in [6.07, 6.45) is 8.34. The number of rotatable bonds is 3. The van der Waals surface area contributed by atoms with Crippen molar-refractivity contribution in [3.05, 3.63) is 83.4 Å². The molecule has 84 valence electrons. The van der Waals surface area contributed by atoms with Crippen molar-refractivity contribution in [3.63, 3.8) is 0 Å². The third-order valence-corrected chi connectivity index (χ3v) is 2.57. The Morgan fingerprint density at radius 3 is 1.76 bits per heavy atom. The van der Waals surface area contributed by atoms with E-state index in [1.54, 1.807) is 0 Å². The molecule has 0 heterocycles. The lowest BCUT2D eigenvalue weighted by Crippen LogP contribution is -1.72. The summed E-state index contributed by atoms with van der Waals surface area (Å²) < 4.78 is 0. The molecule has 0 aliphatic carbocycles. The van der Waals surface area contributed by atoms with Gasteiger partial charge in [-0.05, 0) is 18.1 Å². The predicted molar refractivity (Wildman–Crippen MR) is 75.7 cm³/mol. The summed E-state index contributed by atoms with van der Waals surface area (Å²) >= 11 is 0. The molecule has 0 aliphatic rings. The third-order valence-electron chi connectivity index (χ3n) is 2.57. The summed E-state index contributed by atoms with van der Waals surface area (Å²) in [5, 5.41) is 0. The summed E-state index contributed by atoms with van der Waals surface area (Å²) in [5.41, 5.74) is 3.75. The standard InChI is InChI=1S/C17H16/c1-15-11-13-17(14-12-15)10-6-5-9-16-7-3-2-4-8-16/h2-14H,1H3/b9-5+,10-6+. The van der Waals surface area contributed by atoms with E-state index in [4.69, 9.17) is 0 Å². The van der Waals surface area contributed by atoms with Crippen molar-refractivity contribution in [3.8, 4) is 0 Å². The van der Waals surface area contributed by atoms with Gasteiger partial charge in [0, 0.05) is 0 Å². The van der Waals surface area contributed by atoms with E-state index in [1.807, 2.05) is 18.2 Å². The highest BCUT2D eigenvalue weighted by molar-refractivity contribution is 5.57. The predicted octanol–water partition coefficient (Wildman–Crippen LogP) is 4.72. The quantitative estimate of drug-likeness (QED) is 0.656. The Hall–Kier alpha value is -2.08. The van der Waals surface area contributed by atoms with Crippen molar-refractivity contribution in [1.82, 2.24) is 0 Å². The number of benzene rings is 2. The lowest BCUT2D eigenvalue weighted by Gasteiger charge is -1.93. The van der Waals surface area contributed by atoms with Gasteiger partial charge in [-0.2, -0.15) is 0 Å². The van der Waals surface area contributed by atoms with Gasteiger partial charge in [-0.1, -0.05) is 84.5 Å². The van der Waals surface area contributed by atoms with Crippen LogP contribution in [0.1, 0.15) is 16.7 Å². The second-order valence-corrected chi connectivity index (χ2v) is 4.04. The molecule has 0 spiro atoms. The maximum absolute atomic E-state index is 2.13. The zero-order valence-corrected chi connectivity index (χ0v) is 10.0. The molecule has 0 unspecified atom stereocenters. The Bertz CT molecular complexity index is 501. The molecule has 17 heavy (non-hydrogen) atoms. The average molecular weight is 220 g/mol. The summed E-state index contributed by atoms with van der Waals surface area (Å²) in [7, 11) is 0. The summed E-state index contributed by atoms with van der Waals surface area (Å²) in [6, 6.07) is 18.8. The van der Waals surface area contributed by atoms with Gasteiger partial charge >= 0.3 is 0 Å². The first-order valence-electron chi connectivity index (χ1n) is 5.81. The lowest BCUT2D eigenvalue weighted by molar-refractivity contribution is 1.46. The van der Waals surface area contributed by atoms with E-state index in [1.165, 1.54) is 16.7 Å². The van der Waals surface area contributed by atoms with Crippen LogP contribution < -0.4 is 0 Å². The first-order chi connectivity index (χ1) is 8.34. The van der Waals surface area contributed by atoms with Crippen LogP contribution in [0, 0.1) is 6.92 Å². The molecular formula is C17H16. The Balaban J connectivity index is 1.98. The maximum atomic E-state index is 2.13. The molecule has 2 aromatic carbocycles. The van der Waals surface area contributed by atoms with E-state index in [0.717, 1.165) is 0 Å². The minimum atomic E-state index is 1.22. The van der Waals surface area contributed by atoms with E-state index in [2.05, 4.69) is 67.6 Å². The zero-order chi connectivity index (χ0) is 11.9. The highest BCUT2D eigenvalue weighted by Gasteiger charge is 1.85. The number of hydrogen-bond donors (Lipinski definition) is 0. The topological polar surface area (TPSA) is 0 Å². The van der Waals surface area contributed by atoms with Gasteiger partial charge in [-0.15, -0.1) is 0 Å². The fourth-order valence-corrected chi connectivity index (χ4v) is 1.58. The zero-order valence-electron chi connectivity index (χ0n) is 10.0. The average Bonchev–Trinajstić information content (AvgIpc) is 2.38. The van der Waals surface area contributed by atoms with Gasteiger partial charge in [0.1, 0.15) is 0 Å². The molecule has 0 atom stereocenters. The van der Waals surface area contributed by atoms with Crippen molar-refractivity contribution in [2.45, 2.75) is 6.92 Å². The molecule has 0 aromatic heterocycles. The molecule has 0 bridgehead atoms. The van der Waals surface area contributed by atoms with Crippen LogP contribution in [0.25, 0.3) is 12.2 Å². The van der Waals surface area contributed by atoms with Crippen LogP contribution in [-0.2, 0) is 0 Å². The molecule has 0 aliphatic heterocycles. The van der Waals surface area contributed by atoms with E-state index < -0.39 is 0 Å². The molecule has 0 saturated carbocycles. The number of aryl methyl sites for hydroxylation is 1. The van der Waals surface area contributed by atoms with E-state index in [-0.39, 0.29) is 0 Å². The van der Waals surface area contributed by atoms with Crippen LogP contribution in [0.3, 0.4) is 0 Å². The van der Waals surface area contributed by atoms with Crippen molar-refractivity contribution >= 4 is 12.2 Å². The molecule has 0 heteroatoms. The van der Waals surface area contributed by atoms with Crippen molar-refractivity contribution in [1.29, 1.82) is 0 Å². The van der Waals surface area contributed by atoms with E-state index in [9.17, 15) is 0 Å². The molecule has 2 aromatic rings. The minimum Gasteiger partial charge on any atom is -0.0622 e. The SMILES string of the molecule is Cc1ccc(/C=C/C=C/c2ccccc2)cc1. The molecular weight excluding hydrogens is 204 g/mol. The van der Waals surface area contributed by atoms with Crippen LogP contribution in [0.2, 0.25) is 0 Å². The Labute approximate surface area is 103 Å². The van der Waals surface area contributed by atoms with Crippen LogP contribution in [0.4, 0.5) is 0 Å². The molecule has 0 N–H and O–H groups in total.